The predicted octanol–water partition coefficient (Wildman–Crippen LogP) is 3.11. The van der Waals surface area contributed by atoms with E-state index in [1.54, 1.807) is 31.6 Å². The molecule has 0 amide bonds. The second-order valence-corrected chi connectivity index (χ2v) is 5.47. The van der Waals surface area contributed by atoms with Gasteiger partial charge in [-0.1, -0.05) is 30.3 Å². The molecule has 0 radical (unpaired) electrons. The highest BCUT2D eigenvalue weighted by Crippen LogP contribution is 2.19. The topological polar surface area (TPSA) is 95.1 Å². The fraction of sp³-hybridized carbons (Fsp3) is 0.143. The van der Waals surface area contributed by atoms with Gasteiger partial charge in [-0.15, -0.1) is 23.4 Å². The summed E-state index contributed by atoms with van der Waals surface area (Å²) < 4.78 is 4.86. The summed E-state index contributed by atoms with van der Waals surface area (Å²) in [7, 11) is 3.02. The van der Waals surface area contributed by atoms with Crippen molar-refractivity contribution >= 4 is 17.8 Å². The van der Waals surface area contributed by atoms with E-state index in [4.69, 9.17) is 4.74 Å². The lowest BCUT2D eigenvalue weighted by Gasteiger charge is -2.08. The molecule has 0 aliphatic heterocycles. The van der Waals surface area contributed by atoms with E-state index in [0.29, 0.717) is 23.6 Å². The highest BCUT2D eigenvalue weighted by Gasteiger charge is 2.13. The Balaban J connectivity index is 0.00000145. The van der Waals surface area contributed by atoms with Crippen LogP contribution in [-0.4, -0.2) is 51.5 Å². The van der Waals surface area contributed by atoms with E-state index in [9.17, 15) is 4.79 Å². The highest BCUT2D eigenvalue weighted by molar-refractivity contribution is 6.13. The molecule has 0 saturated heterocycles. The van der Waals surface area contributed by atoms with Crippen LogP contribution in [0.25, 0.3) is 17.1 Å². The standard InChI is InChI=1S/C19H18N6O2.C2H4/c1-20-13-14(15-7-3-4-8-16(15)19(26)27-2)10-12-25-23-18(22-24-25)17-9-5-6-11-21-17;1-2/h3-11,13H,12H2,1-2H3;1-2H2/b14-10+,20-13?;. The molecule has 0 N–H and O–H groups in total. The Hall–Kier alpha value is -3.94. The first-order valence-corrected chi connectivity index (χ1v) is 8.72. The van der Waals surface area contributed by atoms with Gasteiger partial charge in [0.25, 0.3) is 0 Å². The molecule has 0 atom stereocenters. The summed E-state index contributed by atoms with van der Waals surface area (Å²) in [6.07, 6.45) is 5.23. The minimum Gasteiger partial charge on any atom is -0.465 e. The van der Waals surface area contributed by atoms with Crippen molar-refractivity contribution in [3.05, 3.63) is 79.0 Å². The number of aliphatic imine (C=N–C) groups is 1. The van der Waals surface area contributed by atoms with Crippen molar-refractivity contribution in [2.24, 2.45) is 4.99 Å². The van der Waals surface area contributed by atoms with Crippen molar-refractivity contribution in [1.29, 1.82) is 0 Å². The number of pyridine rings is 1. The number of nitrogens with zero attached hydrogens (tertiary/aromatic N) is 6. The Morgan fingerprint density at radius 3 is 2.55 bits per heavy atom. The van der Waals surface area contributed by atoms with Crippen molar-refractivity contribution in [2.75, 3.05) is 14.2 Å². The fourth-order valence-electron chi connectivity index (χ4n) is 2.49. The van der Waals surface area contributed by atoms with E-state index in [1.807, 2.05) is 36.4 Å². The number of carbonyl (C=O) groups is 1. The van der Waals surface area contributed by atoms with Gasteiger partial charge in [-0.05, 0) is 34.5 Å². The Kier molecular flexibility index (Phi) is 8.12. The third-order valence-electron chi connectivity index (χ3n) is 3.73. The minimum atomic E-state index is -0.405. The Morgan fingerprint density at radius 1 is 1.17 bits per heavy atom. The van der Waals surface area contributed by atoms with Crippen LogP contribution in [-0.2, 0) is 11.3 Å². The molecule has 3 rings (SSSR count). The molecule has 0 spiro atoms. The van der Waals surface area contributed by atoms with E-state index in [0.717, 1.165) is 11.1 Å². The summed E-state index contributed by atoms with van der Waals surface area (Å²) in [6, 6.07) is 12.7. The van der Waals surface area contributed by atoms with Crippen LogP contribution in [0.5, 0.6) is 0 Å². The van der Waals surface area contributed by atoms with Crippen molar-refractivity contribution in [3.8, 4) is 11.5 Å². The molecule has 0 saturated carbocycles. The van der Waals surface area contributed by atoms with Crippen LogP contribution >= 0.6 is 0 Å². The predicted molar refractivity (Wildman–Crippen MR) is 112 cm³/mol. The van der Waals surface area contributed by atoms with Gasteiger partial charge in [0.1, 0.15) is 5.69 Å². The number of ether oxygens (including phenoxy) is 1. The normalized spacial score (nSPS) is 11.0. The van der Waals surface area contributed by atoms with Crippen LogP contribution in [0.2, 0.25) is 0 Å². The largest absolute Gasteiger partial charge is 0.465 e. The number of benzene rings is 1. The average Bonchev–Trinajstić information content (AvgIpc) is 3.27. The maximum absolute atomic E-state index is 12.0. The number of tetrazole rings is 1. The number of methoxy groups -OCH3 is 1. The zero-order chi connectivity index (χ0) is 21.1. The summed E-state index contributed by atoms with van der Waals surface area (Å²) in [4.78, 5) is 21.8. The molecule has 0 unspecified atom stereocenters. The third-order valence-corrected chi connectivity index (χ3v) is 3.73. The second-order valence-electron chi connectivity index (χ2n) is 5.47. The quantitative estimate of drug-likeness (QED) is 0.365. The molecule has 0 bridgehead atoms. The van der Waals surface area contributed by atoms with Crippen molar-refractivity contribution in [1.82, 2.24) is 25.2 Å². The lowest BCUT2D eigenvalue weighted by atomic mass is 10.00. The first kappa shape index (κ1) is 21.4. The molecule has 1 aromatic carbocycles. The number of hydrogen-bond donors (Lipinski definition) is 0. The van der Waals surface area contributed by atoms with E-state index < -0.39 is 5.97 Å². The van der Waals surface area contributed by atoms with Crippen LogP contribution in [0.3, 0.4) is 0 Å². The number of rotatable bonds is 6. The lowest BCUT2D eigenvalue weighted by molar-refractivity contribution is 0.0600. The summed E-state index contributed by atoms with van der Waals surface area (Å²) in [5.41, 5.74) is 2.60. The van der Waals surface area contributed by atoms with E-state index in [-0.39, 0.29) is 0 Å². The smallest absolute Gasteiger partial charge is 0.338 e. The molecule has 0 aliphatic carbocycles. The first-order chi connectivity index (χ1) is 14.2. The maximum atomic E-state index is 12.0. The third kappa shape index (κ3) is 5.52. The van der Waals surface area contributed by atoms with Crippen LogP contribution < -0.4 is 0 Å². The molecule has 8 heteroatoms. The van der Waals surface area contributed by atoms with Crippen LogP contribution in [0.1, 0.15) is 15.9 Å². The zero-order valence-corrected chi connectivity index (χ0v) is 16.4. The Labute approximate surface area is 169 Å². The van der Waals surface area contributed by atoms with Gasteiger partial charge >= 0.3 is 5.97 Å². The maximum Gasteiger partial charge on any atom is 0.338 e. The molecule has 148 valence electrons. The molecule has 0 fully saturated rings. The number of allylic oxidation sites excluding steroid dienone is 2. The van der Waals surface area contributed by atoms with Crippen molar-refractivity contribution in [3.63, 3.8) is 0 Å². The zero-order valence-electron chi connectivity index (χ0n) is 16.4. The minimum absolute atomic E-state index is 0.358. The molecular weight excluding hydrogens is 368 g/mol. The van der Waals surface area contributed by atoms with Crippen molar-refractivity contribution < 1.29 is 9.53 Å². The molecule has 3 aromatic rings. The van der Waals surface area contributed by atoms with E-state index >= 15 is 0 Å². The lowest BCUT2D eigenvalue weighted by Crippen LogP contribution is -2.07. The van der Waals surface area contributed by atoms with Gasteiger partial charge in [0, 0.05) is 19.5 Å². The van der Waals surface area contributed by atoms with E-state index in [1.165, 1.54) is 11.9 Å². The Bertz CT molecular complexity index is 995. The number of esters is 1. The molecule has 8 nitrogen and oxygen atoms in total. The molecule has 2 heterocycles. The number of aromatic nitrogens is 5. The fourth-order valence-corrected chi connectivity index (χ4v) is 2.49. The second kappa shape index (κ2) is 11.0. The average molecular weight is 390 g/mol. The molecular formula is C21H22N6O2. The monoisotopic (exact) mass is 390 g/mol. The van der Waals surface area contributed by atoms with Crippen molar-refractivity contribution in [2.45, 2.75) is 6.54 Å². The molecule has 29 heavy (non-hydrogen) atoms. The molecule has 0 aliphatic rings. The highest BCUT2D eigenvalue weighted by atomic mass is 16.5. The summed E-state index contributed by atoms with van der Waals surface area (Å²) >= 11 is 0. The van der Waals surface area contributed by atoms with Gasteiger partial charge in [-0.2, -0.15) is 4.80 Å². The first-order valence-electron chi connectivity index (χ1n) is 8.72. The van der Waals surface area contributed by atoms with Gasteiger partial charge in [-0.25, -0.2) is 4.79 Å². The van der Waals surface area contributed by atoms with Gasteiger partial charge in [-0.3, -0.25) is 9.98 Å². The van der Waals surface area contributed by atoms with E-state index in [2.05, 4.69) is 38.5 Å². The van der Waals surface area contributed by atoms with Gasteiger partial charge < -0.3 is 4.74 Å². The van der Waals surface area contributed by atoms with Crippen LogP contribution in [0.4, 0.5) is 0 Å². The number of carbonyl (C=O) groups excluding carboxylic acids is 1. The Morgan fingerprint density at radius 2 is 1.90 bits per heavy atom. The number of hydrogen-bond acceptors (Lipinski definition) is 7. The summed E-state index contributed by atoms with van der Waals surface area (Å²) in [5, 5.41) is 12.4. The van der Waals surface area contributed by atoms with Gasteiger partial charge in [0.2, 0.25) is 5.82 Å². The summed E-state index contributed by atoms with van der Waals surface area (Å²) in [5.74, 6) is 0.0435. The van der Waals surface area contributed by atoms with Gasteiger partial charge in [0.15, 0.2) is 0 Å². The summed E-state index contributed by atoms with van der Waals surface area (Å²) in [6.45, 7) is 6.36. The van der Waals surface area contributed by atoms with Gasteiger partial charge in [0.05, 0.1) is 19.2 Å². The van der Waals surface area contributed by atoms with Crippen LogP contribution in [0.15, 0.2) is 72.9 Å². The molecule has 2 aromatic heterocycles. The SMILES string of the molecule is C=C.CN=C/C(=C\Cn1nnc(-c2ccccn2)n1)c1ccccc1C(=O)OC. The van der Waals surface area contributed by atoms with Crippen LogP contribution in [0, 0.1) is 0 Å².